The minimum atomic E-state index is -3.69. The number of halogens is 2. The number of benzene rings is 1. The van der Waals surface area contributed by atoms with Gasteiger partial charge in [0.1, 0.15) is 10.6 Å². The van der Waals surface area contributed by atoms with Crippen molar-refractivity contribution in [3.05, 3.63) is 22.7 Å². The predicted octanol–water partition coefficient (Wildman–Crippen LogP) is 2.01. The van der Waals surface area contributed by atoms with E-state index in [1.807, 2.05) is 0 Å². The van der Waals surface area contributed by atoms with E-state index in [1.165, 1.54) is 19.2 Å². The van der Waals surface area contributed by atoms with Crippen LogP contribution in [0.3, 0.4) is 0 Å². The molecule has 1 aromatic rings. The van der Waals surface area contributed by atoms with E-state index < -0.39 is 10.0 Å². The van der Waals surface area contributed by atoms with Gasteiger partial charge in [-0.1, -0.05) is 15.9 Å². The van der Waals surface area contributed by atoms with Crippen molar-refractivity contribution in [3.63, 3.8) is 0 Å². The van der Waals surface area contributed by atoms with Crippen molar-refractivity contribution in [3.8, 4) is 5.75 Å². The molecule has 0 heterocycles. The summed E-state index contributed by atoms with van der Waals surface area (Å²) in [6.07, 6.45) is 0. The maximum Gasteiger partial charge on any atom is 0.246 e. The van der Waals surface area contributed by atoms with Gasteiger partial charge in [0, 0.05) is 23.9 Å². The number of phenolic OH excluding ortho intramolecular Hbond substituents is 1. The number of hydrogen-bond donors (Lipinski definition) is 1. The van der Waals surface area contributed by atoms with Gasteiger partial charge in [-0.2, -0.15) is 4.31 Å². The first kappa shape index (κ1) is 13.8. The van der Waals surface area contributed by atoms with E-state index in [-0.39, 0.29) is 23.1 Å². The Bertz CT molecular complexity index is 478. The highest BCUT2D eigenvalue weighted by Gasteiger charge is 2.23. The summed E-state index contributed by atoms with van der Waals surface area (Å²) in [6.45, 7) is 0.190. The molecule has 0 atom stereocenters. The molecule has 1 aromatic carbocycles. The number of rotatable bonds is 4. The molecule has 4 nitrogen and oxygen atoms in total. The van der Waals surface area contributed by atoms with E-state index in [4.69, 9.17) is 11.6 Å². The largest absolute Gasteiger partial charge is 0.507 e. The second-order valence-electron chi connectivity index (χ2n) is 3.13. The first-order valence-corrected chi connectivity index (χ1v) is 7.17. The number of hydrogen-bond acceptors (Lipinski definition) is 3. The highest BCUT2D eigenvalue weighted by atomic mass is 79.9. The van der Waals surface area contributed by atoms with E-state index in [1.54, 1.807) is 6.07 Å². The SMILES string of the molecule is CN(CCCl)S(=O)(=O)c1cc(Br)ccc1O. The Labute approximate surface area is 108 Å². The normalized spacial score (nSPS) is 12.0. The lowest BCUT2D eigenvalue weighted by Crippen LogP contribution is -2.28. The van der Waals surface area contributed by atoms with Crippen LogP contribution in [0.5, 0.6) is 5.75 Å². The molecule has 0 fully saturated rings. The minimum absolute atomic E-state index is 0.130. The summed E-state index contributed by atoms with van der Waals surface area (Å²) in [5.41, 5.74) is 0. The summed E-state index contributed by atoms with van der Waals surface area (Å²) in [6, 6.07) is 4.25. The van der Waals surface area contributed by atoms with Gasteiger partial charge in [0.15, 0.2) is 0 Å². The van der Waals surface area contributed by atoms with Crippen LogP contribution in [0, 0.1) is 0 Å². The van der Waals surface area contributed by atoms with Crippen molar-refractivity contribution < 1.29 is 13.5 Å². The Hall–Kier alpha value is -0.300. The third kappa shape index (κ3) is 2.88. The molecule has 0 radical (unpaired) electrons. The maximum atomic E-state index is 12.0. The van der Waals surface area contributed by atoms with Crippen LogP contribution < -0.4 is 0 Å². The number of aromatic hydroxyl groups is 1. The molecule has 0 aliphatic carbocycles. The van der Waals surface area contributed by atoms with Crippen LogP contribution in [0.15, 0.2) is 27.6 Å². The van der Waals surface area contributed by atoms with E-state index in [9.17, 15) is 13.5 Å². The fraction of sp³-hybridized carbons (Fsp3) is 0.333. The summed E-state index contributed by atoms with van der Waals surface area (Å²) in [7, 11) is -2.27. The lowest BCUT2D eigenvalue weighted by Gasteiger charge is -2.16. The average molecular weight is 329 g/mol. The number of nitrogens with zero attached hydrogens (tertiary/aromatic N) is 1. The van der Waals surface area contributed by atoms with Gasteiger partial charge in [0.25, 0.3) is 0 Å². The number of alkyl halides is 1. The zero-order chi connectivity index (χ0) is 12.3. The van der Waals surface area contributed by atoms with Crippen LogP contribution in [0.2, 0.25) is 0 Å². The molecule has 0 bridgehead atoms. The first-order valence-electron chi connectivity index (χ1n) is 4.40. The topological polar surface area (TPSA) is 57.6 Å². The molecule has 0 aliphatic heterocycles. The molecule has 16 heavy (non-hydrogen) atoms. The van der Waals surface area contributed by atoms with Crippen LogP contribution in [-0.4, -0.2) is 37.3 Å². The molecule has 90 valence electrons. The second kappa shape index (κ2) is 5.35. The summed E-state index contributed by atoms with van der Waals surface area (Å²) >= 11 is 8.64. The molecule has 0 aliphatic rings. The van der Waals surface area contributed by atoms with Crippen molar-refractivity contribution in [2.75, 3.05) is 19.5 Å². The van der Waals surface area contributed by atoms with Crippen LogP contribution in [0.1, 0.15) is 0 Å². The lowest BCUT2D eigenvalue weighted by molar-refractivity contribution is 0.446. The Morgan fingerprint density at radius 2 is 2.12 bits per heavy atom. The quantitative estimate of drug-likeness (QED) is 0.860. The van der Waals surface area contributed by atoms with Gasteiger partial charge < -0.3 is 5.11 Å². The predicted molar refractivity (Wildman–Crippen MR) is 66.3 cm³/mol. The molecule has 0 saturated carbocycles. The summed E-state index contributed by atoms with van der Waals surface area (Å²) in [4.78, 5) is -0.130. The van der Waals surface area contributed by atoms with Gasteiger partial charge in [-0.3, -0.25) is 0 Å². The van der Waals surface area contributed by atoms with Crippen molar-refractivity contribution in [1.82, 2.24) is 4.31 Å². The minimum Gasteiger partial charge on any atom is -0.507 e. The van der Waals surface area contributed by atoms with Gasteiger partial charge in [0.2, 0.25) is 10.0 Å². The van der Waals surface area contributed by atoms with E-state index in [0.717, 1.165) is 4.31 Å². The molecule has 0 aromatic heterocycles. The Morgan fingerprint density at radius 1 is 1.50 bits per heavy atom. The molecule has 0 spiro atoms. The maximum absolute atomic E-state index is 12.0. The van der Waals surface area contributed by atoms with Gasteiger partial charge in [0.05, 0.1) is 0 Å². The van der Waals surface area contributed by atoms with E-state index >= 15 is 0 Å². The average Bonchev–Trinajstić information content (AvgIpc) is 2.22. The Kier molecular flexibility index (Phi) is 4.61. The lowest BCUT2D eigenvalue weighted by atomic mass is 10.3. The van der Waals surface area contributed by atoms with Crippen molar-refractivity contribution in [2.24, 2.45) is 0 Å². The number of sulfonamides is 1. The monoisotopic (exact) mass is 327 g/mol. The summed E-state index contributed by atoms with van der Waals surface area (Å²) in [5, 5.41) is 9.53. The smallest absolute Gasteiger partial charge is 0.246 e. The molecule has 1 N–H and O–H groups in total. The highest BCUT2D eigenvalue weighted by Crippen LogP contribution is 2.28. The third-order valence-corrected chi connectivity index (χ3v) is 4.56. The number of phenols is 1. The van der Waals surface area contributed by atoms with Crippen molar-refractivity contribution >= 4 is 37.6 Å². The molecule has 0 saturated heterocycles. The zero-order valence-corrected chi connectivity index (χ0v) is 11.7. The summed E-state index contributed by atoms with van der Waals surface area (Å²) < 4.78 is 25.6. The first-order chi connectivity index (χ1) is 7.39. The van der Waals surface area contributed by atoms with Gasteiger partial charge in [-0.15, -0.1) is 11.6 Å². The molecule has 1 rings (SSSR count). The molecular weight excluding hydrogens is 318 g/mol. The highest BCUT2D eigenvalue weighted by molar-refractivity contribution is 9.10. The van der Waals surface area contributed by atoms with Crippen molar-refractivity contribution in [1.29, 1.82) is 0 Å². The summed E-state index contributed by atoms with van der Waals surface area (Å²) in [5.74, 6) is -0.0746. The van der Waals surface area contributed by atoms with Gasteiger partial charge >= 0.3 is 0 Å². The van der Waals surface area contributed by atoms with Crippen molar-refractivity contribution in [2.45, 2.75) is 4.90 Å². The van der Waals surface area contributed by atoms with Crippen LogP contribution >= 0.6 is 27.5 Å². The molecular formula is C9H11BrClNO3S. The molecule has 0 unspecified atom stereocenters. The Morgan fingerprint density at radius 3 is 2.69 bits per heavy atom. The van der Waals surface area contributed by atoms with Gasteiger partial charge in [-0.25, -0.2) is 8.42 Å². The fourth-order valence-corrected chi connectivity index (χ4v) is 3.24. The Balaban J connectivity index is 3.21. The van der Waals surface area contributed by atoms with Crippen LogP contribution in [-0.2, 0) is 10.0 Å². The standard InChI is InChI=1S/C9H11BrClNO3S/c1-12(5-4-11)16(14,15)9-6-7(10)2-3-8(9)13/h2-3,6,13H,4-5H2,1H3. The van der Waals surface area contributed by atoms with Gasteiger partial charge in [-0.05, 0) is 18.2 Å². The van der Waals surface area contributed by atoms with Crippen LogP contribution in [0.4, 0.5) is 0 Å². The van der Waals surface area contributed by atoms with E-state index in [0.29, 0.717) is 4.47 Å². The molecule has 0 amide bonds. The van der Waals surface area contributed by atoms with E-state index in [2.05, 4.69) is 15.9 Å². The fourth-order valence-electron chi connectivity index (χ4n) is 1.10. The molecule has 7 heteroatoms. The van der Waals surface area contributed by atoms with Crippen LogP contribution in [0.25, 0.3) is 0 Å². The zero-order valence-electron chi connectivity index (χ0n) is 8.52. The third-order valence-electron chi connectivity index (χ3n) is 2.01. The second-order valence-corrected chi connectivity index (χ2v) is 6.43.